The van der Waals surface area contributed by atoms with Crippen LogP contribution in [0.2, 0.25) is 0 Å². The zero-order valence-electron chi connectivity index (χ0n) is 19.6. The van der Waals surface area contributed by atoms with Crippen LogP contribution in [0.15, 0.2) is 30.3 Å². The van der Waals surface area contributed by atoms with E-state index >= 15 is 0 Å². The molecule has 0 bridgehead atoms. The third kappa shape index (κ3) is 5.76. The van der Waals surface area contributed by atoms with E-state index in [0.29, 0.717) is 0 Å². The number of carbonyl (C=O) groups is 3. The summed E-state index contributed by atoms with van der Waals surface area (Å²) in [6.07, 6.45) is 1.01. The van der Waals surface area contributed by atoms with Crippen molar-refractivity contribution < 1.29 is 41.7 Å². The lowest BCUT2D eigenvalue weighted by Crippen LogP contribution is -2.31. The molecule has 11 nitrogen and oxygen atoms in total. The van der Waals surface area contributed by atoms with Crippen molar-refractivity contribution in [1.29, 1.82) is 0 Å². The molecule has 2 aromatic carbocycles. The minimum absolute atomic E-state index is 0.000411. The molecule has 34 heavy (non-hydrogen) atoms. The smallest absolute Gasteiger partial charge is 0.337 e. The second-order valence-corrected chi connectivity index (χ2v) is 8.80. The number of ether oxygens (including phenoxy) is 4. The number of nitrogens with one attached hydrogen (secondary N) is 1. The van der Waals surface area contributed by atoms with Gasteiger partial charge in [0.2, 0.25) is 10.0 Å². The van der Waals surface area contributed by atoms with E-state index in [9.17, 15) is 22.8 Å². The van der Waals surface area contributed by atoms with E-state index in [-0.39, 0.29) is 46.1 Å². The van der Waals surface area contributed by atoms with Gasteiger partial charge in [0.1, 0.15) is 0 Å². The maximum absolute atomic E-state index is 13.3. The monoisotopic (exact) mass is 494 g/mol. The van der Waals surface area contributed by atoms with Gasteiger partial charge in [-0.25, -0.2) is 18.0 Å². The number of anilines is 2. The minimum Gasteiger partial charge on any atom is -0.493 e. The highest BCUT2D eigenvalue weighted by molar-refractivity contribution is 7.92. The molecule has 1 N–H and O–H groups in total. The predicted octanol–water partition coefficient (Wildman–Crippen LogP) is 2.32. The SMILES string of the molecule is CCN(c1cc(OC)c(OC)cc1C(=O)Nc1cc(C(=O)OC)cc(C(=O)OC)c1)S(C)(=O)=O. The number of sulfonamides is 1. The van der Waals surface area contributed by atoms with E-state index in [2.05, 4.69) is 5.32 Å². The predicted molar refractivity (Wildman–Crippen MR) is 124 cm³/mol. The Bertz CT molecular complexity index is 1170. The van der Waals surface area contributed by atoms with Crippen LogP contribution in [-0.2, 0) is 19.5 Å². The van der Waals surface area contributed by atoms with Gasteiger partial charge >= 0.3 is 11.9 Å². The van der Waals surface area contributed by atoms with Gasteiger partial charge in [0.25, 0.3) is 5.91 Å². The largest absolute Gasteiger partial charge is 0.493 e. The van der Waals surface area contributed by atoms with Crippen LogP contribution in [0, 0.1) is 0 Å². The van der Waals surface area contributed by atoms with Gasteiger partial charge in [-0.05, 0) is 31.2 Å². The van der Waals surface area contributed by atoms with Crippen molar-refractivity contribution in [3.05, 3.63) is 47.0 Å². The summed E-state index contributed by atoms with van der Waals surface area (Å²) in [6, 6.07) is 6.60. The summed E-state index contributed by atoms with van der Waals surface area (Å²) in [5.74, 6) is -1.78. The Morgan fingerprint density at radius 2 is 1.35 bits per heavy atom. The van der Waals surface area contributed by atoms with Gasteiger partial charge in [0.05, 0.1) is 57.1 Å². The molecule has 0 aliphatic heterocycles. The van der Waals surface area contributed by atoms with Gasteiger partial charge in [0, 0.05) is 18.3 Å². The number of benzene rings is 2. The summed E-state index contributed by atoms with van der Waals surface area (Å²) in [7, 11) is 1.35. The zero-order valence-corrected chi connectivity index (χ0v) is 20.4. The molecule has 0 atom stereocenters. The summed E-state index contributed by atoms with van der Waals surface area (Å²) in [4.78, 5) is 37.4. The summed E-state index contributed by atoms with van der Waals surface area (Å²) >= 11 is 0. The van der Waals surface area contributed by atoms with Crippen molar-refractivity contribution in [2.24, 2.45) is 0 Å². The summed E-state index contributed by atoms with van der Waals surface area (Å²) in [6.45, 7) is 1.65. The molecule has 2 aromatic rings. The number of rotatable bonds is 9. The maximum atomic E-state index is 13.3. The highest BCUT2D eigenvalue weighted by atomic mass is 32.2. The number of hydrogen-bond acceptors (Lipinski definition) is 9. The normalized spacial score (nSPS) is 10.8. The number of nitrogens with zero attached hydrogens (tertiary/aromatic N) is 1. The molecule has 0 heterocycles. The van der Waals surface area contributed by atoms with E-state index < -0.39 is 27.9 Å². The molecule has 12 heteroatoms. The first kappa shape index (κ1) is 26.5. The number of amides is 1. The molecule has 0 aromatic heterocycles. The molecule has 0 spiro atoms. The van der Waals surface area contributed by atoms with E-state index in [1.54, 1.807) is 6.92 Å². The Hall–Kier alpha value is -3.80. The van der Waals surface area contributed by atoms with Crippen molar-refractivity contribution in [1.82, 2.24) is 0 Å². The fraction of sp³-hybridized carbons (Fsp3) is 0.318. The van der Waals surface area contributed by atoms with Gasteiger partial charge in [-0.15, -0.1) is 0 Å². The zero-order chi connectivity index (χ0) is 25.6. The molecule has 2 rings (SSSR count). The number of methoxy groups -OCH3 is 4. The van der Waals surface area contributed by atoms with Gasteiger partial charge in [-0.2, -0.15) is 0 Å². The molecule has 0 unspecified atom stereocenters. The Morgan fingerprint density at radius 3 is 1.76 bits per heavy atom. The molecular weight excluding hydrogens is 468 g/mol. The van der Waals surface area contributed by atoms with Crippen LogP contribution in [-0.4, -0.2) is 67.5 Å². The second-order valence-electron chi connectivity index (χ2n) is 6.89. The van der Waals surface area contributed by atoms with E-state index in [1.165, 1.54) is 58.8 Å². The quantitative estimate of drug-likeness (QED) is 0.521. The van der Waals surface area contributed by atoms with E-state index in [1.807, 2.05) is 0 Å². The lowest BCUT2D eigenvalue weighted by molar-refractivity contribution is 0.0598. The number of carbonyl (C=O) groups excluding carboxylic acids is 3. The highest BCUT2D eigenvalue weighted by Gasteiger charge is 2.26. The first-order valence-electron chi connectivity index (χ1n) is 9.87. The molecule has 0 aliphatic rings. The van der Waals surface area contributed by atoms with Crippen molar-refractivity contribution in [2.75, 3.05) is 50.9 Å². The average molecular weight is 495 g/mol. The number of hydrogen-bond donors (Lipinski definition) is 1. The molecule has 0 saturated heterocycles. The lowest BCUT2D eigenvalue weighted by atomic mass is 10.1. The fourth-order valence-electron chi connectivity index (χ4n) is 3.21. The van der Waals surface area contributed by atoms with Gasteiger partial charge < -0.3 is 24.3 Å². The van der Waals surface area contributed by atoms with E-state index in [4.69, 9.17) is 18.9 Å². The summed E-state index contributed by atoms with van der Waals surface area (Å²) < 4.78 is 45.7. The van der Waals surface area contributed by atoms with Crippen LogP contribution in [0.3, 0.4) is 0 Å². The Kier molecular flexibility index (Phi) is 8.46. The molecule has 0 aliphatic carbocycles. The first-order valence-corrected chi connectivity index (χ1v) is 11.7. The molecule has 0 radical (unpaired) electrons. The van der Waals surface area contributed by atoms with Crippen LogP contribution >= 0.6 is 0 Å². The Balaban J connectivity index is 2.65. The van der Waals surface area contributed by atoms with Crippen molar-refractivity contribution in [2.45, 2.75) is 6.92 Å². The first-order chi connectivity index (χ1) is 16.0. The third-order valence-electron chi connectivity index (χ3n) is 4.74. The average Bonchev–Trinajstić information content (AvgIpc) is 2.81. The highest BCUT2D eigenvalue weighted by Crippen LogP contribution is 2.36. The number of esters is 2. The minimum atomic E-state index is -3.75. The van der Waals surface area contributed by atoms with Crippen LogP contribution in [0.25, 0.3) is 0 Å². The van der Waals surface area contributed by atoms with Gasteiger partial charge in [0.15, 0.2) is 11.5 Å². The topological polar surface area (TPSA) is 138 Å². The van der Waals surface area contributed by atoms with Gasteiger partial charge in [-0.1, -0.05) is 0 Å². The summed E-state index contributed by atoms with van der Waals surface area (Å²) in [5.41, 5.74) is 0.0843. The maximum Gasteiger partial charge on any atom is 0.337 e. The van der Waals surface area contributed by atoms with Crippen LogP contribution in [0.5, 0.6) is 11.5 Å². The molecule has 1 amide bonds. The van der Waals surface area contributed by atoms with Crippen LogP contribution < -0.4 is 19.1 Å². The lowest BCUT2D eigenvalue weighted by Gasteiger charge is -2.24. The van der Waals surface area contributed by atoms with Crippen molar-refractivity contribution in [3.8, 4) is 11.5 Å². The van der Waals surface area contributed by atoms with Crippen LogP contribution in [0.4, 0.5) is 11.4 Å². The molecular formula is C22H26N2O9S. The third-order valence-corrected chi connectivity index (χ3v) is 5.99. The van der Waals surface area contributed by atoms with Crippen molar-refractivity contribution >= 4 is 39.2 Å². The second kappa shape index (κ2) is 10.9. The Labute approximate surface area is 197 Å². The molecule has 184 valence electrons. The molecule has 0 saturated carbocycles. The summed E-state index contributed by atoms with van der Waals surface area (Å²) in [5, 5.41) is 2.58. The standard InChI is InChI=1S/C22H26N2O9S/c1-7-24(34(6,28)29)17-12-19(31-3)18(30-2)11-16(17)20(25)23-15-9-13(21(26)32-4)8-14(10-15)22(27)33-5/h8-12H,7H2,1-6H3,(H,23,25). The molecule has 0 fully saturated rings. The van der Waals surface area contributed by atoms with Crippen LogP contribution in [0.1, 0.15) is 38.0 Å². The van der Waals surface area contributed by atoms with Gasteiger partial charge in [-0.3, -0.25) is 9.10 Å². The fourth-order valence-corrected chi connectivity index (χ4v) is 4.19. The van der Waals surface area contributed by atoms with E-state index in [0.717, 1.165) is 10.6 Å². The Morgan fingerprint density at radius 1 is 0.853 bits per heavy atom. The van der Waals surface area contributed by atoms with Crippen molar-refractivity contribution in [3.63, 3.8) is 0 Å².